The fraction of sp³-hybridized carbons (Fsp3) is 0.294. The van der Waals surface area contributed by atoms with Crippen molar-refractivity contribution >= 4 is 29.3 Å². The summed E-state index contributed by atoms with van der Waals surface area (Å²) in [4.78, 5) is 26.6. The molecule has 0 radical (unpaired) electrons. The lowest BCUT2D eigenvalue weighted by Gasteiger charge is -2.16. The van der Waals surface area contributed by atoms with Gasteiger partial charge in [-0.05, 0) is 37.6 Å². The Bertz CT molecular complexity index is 673. The summed E-state index contributed by atoms with van der Waals surface area (Å²) in [6.45, 7) is 0.613. The Kier molecular flexibility index (Phi) is 6.89. The van der Waals surface area contributed by atoms with E-state index in [1.165, 1.54) is 0 Å². The van der Waals surface area contributed by atoms with Crippen LogP contribution in [-0.4, -0.2) is 43.1 Å². The Morgan fingerprint density at radius 3 is 2.58 bits per heavy atom. The third kappa shape index (κ3) is 5.75. The molecule has 1 heterocycles. The number of likely N-dealkylation sites (N-methyl/N-ethyl adjacent to an activating group) is 1. The van der Waals surface area contributed by atoms with Gasteiger partial charge in [0.2, 0.25) is 11.8 Å². The highest BCUT2D eigenvalue weighted by Gasteiger charge is 2.12. The lowest BCUT2D eigenvalue weighted by Crippen LogP contribution is -2.38. The van der Waals surface area contributed by atoms with Gasteiger partial charge in [0.15, 0.2) is 0 Å². The maximum absolute atomic E-state index is 12.1. The van der Waals surface area contributed by atoms with Gasteiger partial charge in [0.1, 0.15) is 5.76 Å². The van der Waals surface area contributed by atoms with Crippen molar-refractivity contribution in [2.45, 2.75) is 11.4 Å². The predicted molar refractivity (Wildman–Crippen MR) is 94.9 cm³/mol. The number of amides is 2. The highest BCUT2D eigenvalue weighted by Crippen LogP contribution is 2.24. The summed E-state index contributed by atoms with van der Waals surface area (Å²) in [5, 5.41) is 5.62. The second-order valence-corrected chi connectivity index (χ2v) is 6.12. The maximum atomic E-state index is 12.1. The van der Waals surface area contributed by atoms with Crippen molar-refractivity contribution < 1.29 is 14.0 Å². The van der Waals surface area contributed by atoms with Crippen molar-refractivity contribution in [1.82, 2.24) is 10.2 Å². The van der Waals surface area contributed by atoms with Crippen molar-refractivity contribution in [3.63, 3.8) is 0 Å². The Morgan fingerprint density at radius 2 is 1.88 bits per heavy atom. The molecular formula is C17H21N3O3S. The minimum Gasteiger partial charge on any atom is -0.467 e. The largest absolute Gasteiger partial charge is 0.467 e. The smallest absolute Gasteiger partial charge is 0.238 e. The third-order valence-electron chi connectivity index (χ3n) is 3.25. The number of carbonyl (C=O) groups excluding carboxylic acids is 2. The number of para-hydroxylation sites is 1. The molecule has 0 atom stereocenters. The van der Waals surface area contributed by atoms with Crippen molar-refractivity contribution in [2.24, 2.45) is 0 Å². The Hall–Kier alpha value is -2.25. The minimum absolute atomic E-state index is 0.136. The molecule has 1 aromatic carbocycles. The average Bonchev–Trinajstić information content (AvgIpc) is 3.06. The van der Waals surface area contributed by atoms with E-state index in [1.54, 1.807) is 42.1 Å². The van der Waals surface area contributed by atoms with Gasteiger partial charge in [-0.15, -0.1) is 11.8 Å². The van der Waals surface area contributed by atoms with Gasteiger partial charge in [0.25, 0.3) is 0 Å². The summed E-state index contributed by atoms with van der Waals surface area (Å²) in [5.41, 5.74) is 0.783. The number of nitrogens with zero attached hydrogens (tertiary/aromatic N) is 1. The van der Waals surface area contributed by atoms with Crippen molar-refractivity contribution in [3.8, 4) is 0 Å². The molecule has 0 unspecified atom stereocenters. The number of hydrogen-bond donors (Lipinski definition) is 2. The Labute approximate surface area is 145 Å². The van der Waals surface area contributed by atoms with Gasteiger partial charge in [0.05, 0.1) is 31.6 Å². The number of nitrogens with one attached hydrogen (secondary N) is 2. The van der Waals surface area contributed by atoms with Gasteiger partial charge in [-0.25, -0.2) is 0 Å². The number of furan rings is 1. The van der Waals surface area contributed by atoms with E-state index in [-0.39, 0.29) is 24.9 Å². The van der Waals surface area contributed by atoms with Crippen LogP contribution in [0.3, 0.4) is 0 Å². The first-order valence-electron chi connectivity index (χ1n) is 7.49. The van der Waals surface area contributed by atoms with Crippen LogP contribution in [0.4, 0.5) is 5.69 Å². The molecule has 2 rings (SSSR count). The van der Waals surface area contributed by atoms with E-state index in [4.69, 9.17) is 4.42 Å². The van der Waals surface area contributed by atoms with Gasteiger partial charge >= 0.3 is 0 Å². The topological polar surface area (TPSA) is 74.6 Å². The zero-order valence-electron chi connectivity index (χ0n) is 13.7. The third-order valence-corrected chi connectivity index (χ3v) is 4.04. The second-order valence-electron chi connectivity index (χ2n) is 5.28. The van der Waals surface area contributed by atoms with E-state index >= 15 is 0 Å². The summed E-state index contributed by atoms with van der Waals surface area (Å²) >= 11 is 1.57. The Morgan fingerprint density at radius 1 is 1.12 bits per heavy atom. The fourth-order valence-corrected chi connectivity index (χ4v) is 2.69. The first kappa shape index (κ1) is 18.1. The van der Waals surface area contributed by atoms with E-state index in [2.05, 4.69) is 10.6 Å². The van der Waals surface area contributed by atoms with Crippen molar-refractivity contribution in [2.75, 3.05) is 31.7 Å². The van der Waals surface area contributed by atoms with Crippen LogP contribution < -0.4 is 10.6 Å². The maximum Gasteiger partial charge on any atom is 0.238 e. The molecule has 6 nitrogen and oxygen atoms in total. The fourth-order valence-electron chi connectivity index (χ4n) is 2.14. The molecule has 0 aliphatic heterocycles. The number of carbonyl (C=O) groups is 2. The van der Waals surface area contributed by atoms with Gasteiger partial charge in [-0.3, -0.25) is 14.5 Å². The number of thioether (sulfide) groups is 1. The highest BCUT2D eigenvalue weighted by molar-refractivity contribution is 7.98. The predicted octanol–water partition coefficient (Wildman–Crippen LogP) is 2.19. The number of hydrogen-bond acceptors (Lipinski definition) is 5. The molecule has 0 bridgehead atoms. The van der Waals surface area contributed by atoms with Crippen molar-refractivity contribution in [1.29, 1.82) is 0 Å². The van der Waals surface area contributed by atoms with Crippen molar-refractivity contribution in [3.05, 3.63) is 48.4 Å². The summed E-state index contributed by atoms with van der Waals surface area (Å²) in [6, 6.07) is 11.2. The van der Waals surface area contributed by atoms with E-state index in [1.807, 2.05) is 30.5 Å². The molecule has 24 heavy (non-hydrogen) atoms. The zero-order chi connectivity index (χ0) is 17.4. The summed E-state index contributed by atoms with van der Waals surface area (Å²) in [5.74, 6) is 0.376. The van der Waals surface area contributed by atoms with Crippen LogP contribution in [0.2, 0.25) is 0 Å². The SMILES string of the molecule is CSc1ccccc1NC(=O)CN(C)CC(=O)NCc1ccco1. The van der Waals surface area contributed by atoms with Gasteiger partial charge in [0, 0.05) is 4.90 Å². The van der Waals surface area contributed by atoms with Gasteiger partial charge < -0.3 is 15.1 Å². The molecule has 0 spiro atoms. The zero-order valence-corrected chi connectivity index (χ0v) is 14.6. The van der Waals surface area contributed by atoms with Crippen LogP contribution >= 0.6 is 11.8 Å². The van der Waals surface area contributed by atoms with Gasteiger partial charge in [-0.1, -0.05) is 12.1 Å². The van der Waals surface area contributed by atoms with Crippen LogP contribution in [0.25, 0.3) is 0 Å². The number of anilines is 1. The molecule has 0 saturated carbocycles. The van der Waals surface area contributed by atoms with E-state index < -0.39 is 0 Å². The molecule has 2 aromatic rings. The monoisotopic (exact) mass is 347 g/mol. The minimum atomic E-state index is -0.161. The van der Waals surface area contributed by atoms with E-state index in [9.17, 15) is 9.59 Å². The van der Waals surface area contributed by atoms with Gasteiger partial charge in [-0.2, -0.15) is 0 Å². The molecule has 0 fully saturated rings. The molecule has 0 saturated heterocycles. The first-order valence-corrected chi connectivity index (χ1v) is 8.71. The lowest BCUT2D eigenvalue weighted by atomic mass is 10.3. The molecule has 0 aliphatic rings. The van der Waals surface area contributed by atoms with Crippen LogP contribution in [0.1, 0.15) is 5.76 Å². The van der Waals surface area contributed by atoms with E-state index in [0.717, 1.165) is 10.6 Å². The molecular weight excluding hydrogens is 326 g/mol. The molecule has 0 aliphatic carbocycles. The number of benzene rings is 1. The molecule has 1 aromatic heterocycles. The van der Waals surface area contributed by atoms with E-state index in [0.29, 0.717) is 12.3 Å². The normalized spacial score (nSPS) is 10.6. The highest BCUT2D eigenvalue weighted by atomic mass is 32.2. The second kappa shape index (κ2) is 9.14. The standard InChI is InChI=1S/C17H21N3O3S/c1-20(11-16(21)18-10-13-6-5-9-23-13)12-17(22)19-14-7-3-4-8-15(14)24-2/h3-9H,10-12H2,1-2H3,(H,18,21)(H,19,22). The van der Waals surface area contributed by atoms with Crippen LogP contribution in [0.5, 0.6) is 0 Å². The molecule has 7 heteroatoms. The summed E-state index contributed by atoms with van der Waals surface area (Å²) in [6.07, 6.45) is 3.52. The summed E-state index contributed by atoms with van der Waals surface area (Å²) in [7, 11) is 1.73. The molecule has 128 valence electrons. The number of rotatable bonds is 8. The Balaban J connectivity index is 1.75. The van der Waals surface area contributed by atoms with Crippen LogP contribution in [0.15, 0.2) is 52.0 Å². The molecule has 2 amide bonds. The molecule has 2 N–H and O–H groups in total. The van der Waals surface area contributed by atoms with Crippen LogP contribution in [-0.2, 0) is 16.1 Å². The first-order chi connectivity index (χ1) is 11.6. The quantitative estimate of drug-likeness (QED) is 0.716. The van der Waals surface area contributed by atoms with Crippen LogP contribution in [0, 0.1) is 0 Å². The average molecular weight is 347 g/mol. The lowest BCUT2D eigenvalue weighted by molar-refractivity contribution is -0.123. The summed E-state index contributed by atoms with van der Waals surface area (Å²) < 4.78 is 5.15.